The highest BCUT2D eigenvalue weighted by Crippen LogP contribution is 1.93. The molecule has 0 aromatic carbocycles. The Morgan fingerprint density at radius 3 is 2.27 bits per heavy atom. The van der Waals surface area contributed by atoms with Crippen LogP contribution in [0.25, 0.3) is 0 Å². The smallest absolute Gasteiger partial charge is 0.151 e. The first-order valence-corrected chi connectivity index (χ1v) is 5.77. The molecule has 4 heteroatoms. The third-order valence-corrected chi connectivity index (χ3v) is 3.38. The first kappa shape index (κ1) is 10.9. The van der Waals surface area contributed by atoms with Gasteiger partial charge in [-0.1, -0.05) is 13.8 Å². The van der Waals surface area contributed by atoms with Crippen LogP contribution in [0.15, 0.2) is 0 Å². The summed E-state index contributed by atoms with van der Waals surface area (Å²) >= 11 is 0. The lowest BCUT2D eigenvalue weighted by molar-refractivity contribution is 0.567. The molecule has 1 atom stereocenters. The lowest BCUT2D eigenvalue weighted by atomic mass is 10.4. The fraction of sp³-hybridized carbons (Fsp3) is 1.00. The minimum absolute atomic E-state index is 0.0740. The Bertz CT molecular complexity index is 187. The highest BCUT2D eigenvalue weighted by atomic mass is 32.2. The van der Waals surface area contributed by atoms with Crippen LogP contribution in [0.3, 0.4) is 0 Å². The second kappa shape index (κ2) is 4.72. The van der Waals surface area contributed by atoms with E-state index in [1.807, 2.05) is 13.8 Å². The van der Waals surface area contributed by atoms with E-state index in [4.69, 9.17) is 0 Å². The highest BCUT2D eigenvalue weighted by molar-refractivity contribution is 7.91. The SMILES string of the molecule is CCN[C@@H](C)CS(=O)(=O)CC. The van der Waals surface area contributed by atoms with E-state index in [1.54, 1.807) is 6.92 Å². The monoisotopic (exact) mass is 179 g/mol. The zero-order valence-electron chi connectivity index (χ0n) is 7.42. The molecule has 0 fully saturated rings. The average molecular weight is 179 g/mol. The van der Waals surface area contributed by atoms with E-state index in [9.17, 15) is 8.42 Å². The van der Waals surface area contributed by atoms with Gasteiger partial charge in [-0.3, -0.25) is 0 Å². The van der Waals surface area contributed by atoms with Gasteiger partial charge in [0.15, 0.2) is 9.84 Å². The Hall–Kier alpha value is -0.0900. The number of hydrogen-bond donors (Lipinski definition) is 1. The van der Waals surface area contributed by atoms with Gasteiger partial charge in [-0.2, -0.15) is 0 Å². The average Bonchev–Trinajstić information content (AvgIpc) is 1.87. The fourth-order valence-corrected chi connectivity index (χ4v) is 2.02. The van der Waals surface area contributed by atoms with Gasteiger partial charge in [0, 0.05) is 11.8 Å². The first-order valence-electron chi connectivity index (χ1n) is 3.95. The van der Waals surface area contributed by atoms with E-state index in [-0.39, 0.29) is 17.5 Å². The Morgan fingerprint density at radius 1 is 1.36 bits per heavy atom. The van der Waals surface area contributed by atoms with Gasteiger partial charge in [0.25, 0.3) is 0 Å². The van der Waals surface area contributed by atoms with Gasteiger partial charge in [-0.05, 0) is 13.5 Å². The van der Waals surface area contributed by atoms with Gasteiger partial charge in [0.05, 0.1) is 5.75 Å². The van der Waals surface area contributed by atoms with Crippen LogP contribution >= 0.6 is 0 Å². The van der Waals surface area contributed by atoms with E-state index >= 15 is 0 Å². The van der Waals surface area contributed by atoms with Gasteiger partial charge in [0.1, 0.15) is 0 Å². The summed E-state index contributed by atoms with van der Waals surface area (Å²) in [5, 5.41) is 3.06. The Labute approximate surface area is 69.1 Å². The molecule has 0 aliphatic heterocycles. The van der Waals surface area contributed by atoms with Crippen LogP contribution in [0.5, 0.6) is 0 Å². The van der Waals surface area contributed by atoms with Crippen LogP contribution in [0.2, 0.25) is 0 Å². The predicted octanol–water partition coefficient (Wildman–Crippen LogP) is 0.419. The van der Waals surface area contributed by atoms with Gasteiger partial charge in [-0.15, -0.1) is 0 Å². The summed E-state index contributed by atoms with van der Waals surface area (Å²) in [6.07, 6.45) is 0. The molecule has 0 aliphatic carbocycles. The number of hydrogen-bond acceptors (Lipinski definition) is 3. The zero-order chi connectivity index (χ0) is 8.91. The molecule has 0 saturated carbocycles. The minimum atomic E-state index is -2.80. The van der Waals surface area contributed by atoms with E-state index in [1.165, 1.54) is 0 Å². The van der Waals surface area contributed by atoms with Gasteiger partial charge in [-0.25, -0.2) is 8.42 Å². The first-order chi connectivity index (χ1) is 5.02. The fourth-order valence-electron chi connectivity index (χ4n) is 0.906. The number of rotatable bonds is 5. The van der Waals surface area contributed by atoms with Crippen molar-refractivity contribution < 1.29 is 8.42 Å². The van der Waals surface area contributed by atoms with Crippen molar-refractivity contribution in [1.29, 1.82) is 0 Å². The molecule has 0 spiro atoms. The third kappa shape index (κ3) is 5.21. The normalized spacial score (nSPS) is 14.8. The van der Waals surface area contributed by atoms with Crippen molar-refractivity contribution in [3.05, 3.63) is 0 Å². The molecule has 0 radical (unpaired) electrons. The van der Waals surface area contributed by atoms with Crippen LogP contribution in [-0.4, -0.2) is 32.5 Å². The van der Waals surface area contributed by atoms with Crippen LogP contribution < -0.4 is 5.32 Å². The second-order valence-corrected chi connectivity index (χ2v) is 5.06. The third-order valence-electron chi connectivity index (χ3n) is 1.50. The maximum atomic E-state index is 11.0. The van der Waals surface area contributed by atoms with Gasteiger partial charge in [0.2, 0.25) is 0 Å². The van der Waals surface area contributed by atoms with E-state index in [2.05, 4.69) is 5.32 Å². The summed E-state index contributed by atoms with van der Waals surface area (Å²) in [5.74, 6) is 0.486. The molecular formula is C7H17NO2S. The molecule has 11 heavy (non-hydrogen) atoms. The van der Waals surface area contributed by atoms with Crippen molar-refractivity contribution in [3.8, 4) is 0 Å². The molecule has 3 nitrogen and oxygen atoms in total. The Balaban J connectivity index is 3.84. The van der Waals surface area contributed by atoms with E-state index < -0.39 is 9.84 Å². The summed E-state index contributed by atoms with van der Waals surface area (Å²) in [6, 6.07) is 0.0740. The quantitative estimate of drug-likeness (QED) is 0.665. The molecular weight excluding hydrogens is 162 g/mol. The molecule has 0 saturated heterocycles. The molecule has 0 heterocycles. The standard InChI is InChI=1S/C7H17NO2S/c1-4-8-7(3)6-11(9,10)5-2/h7-8H,4-6H2,1-3H3/t7-/m0/s1. The molecule has 1 N–H and O–H groups in total. The molecule has 0 aromatic heterocycles. The molecule has 0 rings (SSSR count). The van der Waals surface area contributed by atoms with E-state index in [0.29, 0.717) is 0 Å². The summed E-state index contributed by atoms with van der Waals surface area (Å²) in [6.45, 7) is 6.35. The summed E-state index contributed by atoms with van der Waals surface area (Å²) in [4.78, 5) is 0. The summed E-state index contributed by atoms with van der Waals surface area (Å²) in [7, 11) is -2.80. The van der Waals surface area contributed by atoms with Crippen molar-refractivity contribution in [2.45, 2.75) is 26.8 Å². The lowest BCUT2D eigenvalue weighted by Gasteiger charge is -2.10. The zero-order valence-corrected chi connectivity index (χ0v) is 8.24. The number of sulfone groups is 1. The van der Waals surface area contributed by atoms with Crippen molar-refractivity contribution in [2.24, 2.45) is 0 Å². The van der Waals surface area contributed by atoms with E-state index in [0.717, 1.165) is 6.54 Å². The summed E-state index contributed by atoms with van der Waals surface area (Å²) < 4.78 is 22.1. The summed E-state index contributed by atoms with van der Waals surface area (Å²) in [5.41, 5.74) is 0. The highest BCUT2D eigenvalue weighted by Gasteiger charge is 2.11. The number of nitrogens with one attached hydrogen (secondary N) is 1. The van der Waals surface area contributed by atoms with Crippen molar-refractivity contribution in [1.82, 2.24) is 5.32 Å². The van der Waals surface area contributed by atoms with Gasteiger partial charge >= 0.3 is 0 Å². The Kier molecular flexibility index (Phi) is 4.68. The van der Waals surface area contributed by atoms with Crippen molar-refractivity contribution in [3.63, 3.8) is 0 Å². The van der Waals surface area contributed by atoms with Crippen molar-refractivity contribution in [2.75, 3.05) is 18.1 Å². The molecule has 0 bridgehead atoms. The second-order valence-electron chi connectivity index (χ2n) is 2.66. The van der Waals surface area contributed by atoms with Crippen molar-refractivity contribution >= 4 is 9.84 Å². The predicted molar refractivity (Wildman–Crippen MR) is 47.5 cm³/mol. The molecule has 0 unspecified atom stereocenters. The van der Waals surface area contributed by atoms with Gasteiger partial charge < -0.3 is 5.32 Å². The molecule has 0 amide bonds. The van der Waals surface area contributed by atoms with Crippen LogP contribution in [-0.2, 0) is 9.84 Å². The van der Waals surface area contributed by atoms with Crippen LogP contribution in [0.1, 0.15) is 20.8 Å². The van der Waals surface area contributed by atoms with Crippen LogP contribution in [0, 0.1) is 0 Å². The largest absolute Gasteiger partial charge is 0.314 e. The molecule has 0 aromatic rings. The minimum Gasteiger partial charge on any atom is -0.314 e. The lowest BCUT2D eigenvalue weighted by Crippen LogP contribution is -2.33. The molecule has 68 valence electrons. The topological polar surface area (TPSA) is 46.2 Å². The maximum absolute atomic E-state index is 11.0. The Morgan fingerprint density at radius 2 is 1.91 bits per heavy atom. The molecule has 0 aliphatic rings. The van der Waals surface area contributed by atoms with Crippen LogP contribution in [0.4, 0.5) is 0 Å². The maximum Gasteiger partial charge on any atom is 0.151 e.